The molecule has 0 radical (unpaired) electrons. The lowest BCUT2D eigenvalue weighted by Crippen LogP contribution is -1.75. The zero-order chi connectivity index (χ0) is 9.26. The van der Waals surface area contributed by atoms with Gasteiger partial charge in [0.2, 0.25) is 0 Å². The Morgan fingerprint density at radius 2 is 2.23 bits per heavy atom. The molecule has 1 heterocycles. The number of aromatic amines is 1. The number of H-pyrrole nitrogens is 1. The minimum Gasteiger partial charge on any atom is -0.346 e. The zero-order valence-corrected chi connectivity index (χ0v) is 8.43. The molecular weight excluding hydrogens is 228 g/mol. The molecule has 1 N–H and O–H groups in total. The maximum absolute atomic E-state index is 8.67. The average Bonchev–Trinajstić information content (AvgIpc) is 2.58. The van der Waals surface area contributed by atoms with Crippen LogP contribution in [0.15, 0.2) is 24.3 Å². The normalized spacial score (nSPS) is 10.2. The molecule has 0 aliphatic rings. The van der Waals surface area contributed by atoms with Gasteiger partial charge in [0.15, 0.2) is 0 Å². The predicted octanol–water partition coefficient (Wildman–Crippen LogP) is 2.93. The lowest BCUT2D eigenvalue weighted by Gasteiger charge is -1.93. The SMILES string of the molecule is N#Cc1cc2cc(CBr)ccc2[nH]1. The van der Waals surface area contributed by atoms with Crippen molar-refractivity contribution in [3.05, 3.63) is 35.5 Å². The summed E-state index contributed by atoms with van der Waals surface area (Å²) in [6.45, 7) is 0. The number of benzene rings is 1. The number of alkyl halides is 1. The molecule has 0 spiro atoms. The summed E-state index contributed by atoms with van der Waals surface area (Å²) >= 11 is 3.39. The highest BCUT2D eigenvalue weighted by Gasteiger charge is 1.99. The molecule has 64 valence electrons. The number of hydrogen-bond acceptors (Lipinski definition) is 1. The van der Waals surface area contributed by atoms with Crippen molar-refractivity contribution in [1.82, 2.24) is 4.98 Å². The van der Waals surface area contributed by atoms with Gasteiger partial charge in [-0.25, -0.2) is 0 Å². The Kier molecular flexibility index (Phi) is 2.07. The number of nitrogens with one attached hydrogen (secondary N) is 1. The van der Waals surface area contributed by atoms with Crippen LogP contribution in [-0.2, 0) is 5.33 Å². The summed E-state index contributed by atoms with van der Waals surface area (Å²) in [5.74, 6) is 0. The van der Waals surface area contributed by atoms with Gasteiger partial charge < -0.3 is 4.98 Å². The number of fused-ring (bicyclic) bond motifs is 1. The van der Waals surface area contributed by atoms with E-state index < -0.39 is 0 Å². The van der Waals surface area contributed by atoms with Gasteiger partial charge in [0.1, 0.15) is 11.8 Å². The van der Waals surface area contributed by atoms with Gasteiger partial charge in [-0.2, -0.15) is 5.26 Å². The van der Waals surface area contributed by atoms with E-state index in [0.717, 1.165) is 16.2 Å². The van der Waals surface area contributed by atoms with Crippen LogP contribution in [0.3, 0.4) is 0 Å². The Morgan fingerprint density at radius 3 is 2.92 bits per heavy atom. The van der Waals surface area contributed by atoms with Crippen molar-refractivity contribution in [1.29, 1.82) is 5.26 Å². The van der Waals surface area contributed by atoms with Crippen molar-refractivity contribution in [3.63, 3.8) is 0 Å². The second-order valence-electron chi connectivity index (χ2n) is 2.85. The number of rotatable bonds is 1. The van der Waals surface area contributed by atoms with E-state index in [2.05, 4.69) is 33.0 Å². The van der Waals surface area contributed by atoms with E-state index in [9.17, 15) is 0 Å². The van der Waals surface area contributed by atoms with E-state index in [1.54, 1.807) is 0 Å². The molecule has 0 aliphatic carbocycles. The fourth-order valence-corrected chi connectivity index (χ4v) is 1.67. The standard InChI is InChI=1S/C10H7BrN2/c11-5-7-1-2-10-8(3-7)4-9(6-12)13-10/h1-4,13H,5H2. The van der Waals surface area contributed by atoms with Gasteiger partial charge in [-0.1, -0.05) is 22.0 Å². The second-order valence-corrected chi connectivity index (χ2v) is 3.41. The summed E-state index contributed by atoms with van der Waals surface area (Å²) in [5.41, 5.74) is 2.85. The van der Waals surface area contributed by atoms with Crippen molar-refractivity contribution in [2.24, 2.45) is 0 Å². The monoisotopic (exact) mass is 234 g/mol. The molecule has 2 nitrogen and oxygen atoms in total. The van der Waals surface area contributed by atoms with E-state index in [-0.39, 0.29) is 0 Å². The Balaban J connectivity index is 2.65. The molecule has 1 aromatic carbocycles. The summed E-state index contributed by atoms with van der Waals surface area (Å²) in [6.07, 6.45) is 0. The maximum Gasteiger partial charge on any atom is 0.118 e. The fraction of sp³-hybridized carbons (Fsp3) is 0.100. The Hall–Kier alpha value is -1.27. The summed E-state index contributed by atoms with van der Waals surface area (Å²) in [5, 5.41) is 10.6. The summed E-state index contributed by atoms with van der Waals surface area (Å²) in [7, 11) is 0. The highest BCUT2D eigenvalue weighted by atomic mass is 79.9. The molecule has 13 heavy (non-hydrogen) atoms. The Labute approximate surface area is 84.3 Å². The fourth-order valence-electron chi connectivity index (χ4n) is 1.33. The Bertz CT molecular complexity index is 479. The van der Waals surface area contributed by atoms with Crippen molar-refractivity contribution in [2.45, 2.75) is 5.33 Å². The highest BCUT2D eigenvalue weighted by Crippen LogP contribution is 2.18. The van der Waals surface area contributed by atoms with Crippen molar-refractivity contribution >= 4 is 26.8 Å². The van der Waals surface area contributed by atoms with E-state index >= 15 is 0 Å². The smallest absolute Gasteiger partial charge is 0.118 e. The summed E-state index contributed by atoms with van der Waals surface area (Å²) in [4.78, 5) is 3.02. The number of nitriles is 1. The van der Waals surface area contributed by atoms with E-state index in [4.69, 9.17) is 5.26 Å². The topological polar surface area (TPSA) is 39.6 Å². The van der Waals surface area contributed by atoms with Gasteiger partial charge in [0.25, 0.3) is 0 Å². The number of nitrogens with zero attached hydrogens (tertiary/aromatic N) is 1. The predicted molar refractivity (Wildman–Crippen MR) is 55.6 cm³/mol. The average molecular weight is 235 g/mol. The molecule has 0 fully saturated rings. The molecular formula is C10H7BrN2. The van der Waals surface area contributed by atoms with E-state index in [1.165, 1.54) is 5.56 Å². The first-order valence-corrected chi connectivity index (χ1v) is 5.03. The molecule has 3 heteroatoms. The third-order valence-electron chi connectivity index (χ3n) is 1.96. The van der Waals surface area contributed by atoms with Crippen molar-refractivity contribution < 1.29 is 0 Å². The summed E-state index contributed by atoms with van der Waals surface area (Å²) < 4.78 is 0. The van der Waals surface area contributed by atoms with Crippen LogP contribution >= 0.6 is 15.9 Å². The molecule has 0 amide bonds. The van der Waals surface area contributed by atoms with Gasteiger partial charge in [-0.05, 0) is 23.8 Å². The van der Waals surface area contributed by atoms with Crippen LogP contribution < -0.4 is 0 Å². The van der Waals surface area contributed by atoms with Gasteiger partial charge >= 0.3 is 0 Å². The molecule has 1 aromatic heterocycles. The molecule has 0 unspecified atom stereocenters. The zero-order valence-electron chi connectivity index (χ0n) is 6.84. The largest absolute Gasteiger partial charge is 0.346 e. The van der Waals surface area contributed by atoms with Crippen LogP contribution in [0, 0.1) is 11.3 Å². The summed E-state index contributed by atoms with van der Waals surface area (Å²) in [6, 6.07) is 10.0. The molecule has 0 aliphatic heterocycles. The lowest BCUT2D eigenvalue weighted by molar-refractivity contribution is 1.37. The highest BCUT2D eigenvalue weighted by molar-refractivity contribution is 9.08. The minimum absolute atomic E-state index is 0.613. The van der Waals surface area contributed by atoms with Crippen molar-refractivity contribution in [2.75, 3.05) is 0 Å². The van der Waals surface area contributed by atoms with Crippen LogP contribution in [0.25, 0.3) is 10.9 Å². The van der Waals surface area contributed by atoms with Crippen LogP contribution in [0.2, 0.25) is 0 Å². The molecule has 2 aromatic rings. The third-order valence-corrected chi connectivity index (χ3v) is 2.61. The number of hydrogen-bond donors (Lipinski definition) is 1. The molecule has 0 atom stereocenters. The quantitative estimate of drug-likeness (QED) is 0.758. The molecule has 0 bridgehead atoms. The Morgan fingerprint density at radius 1 is 1.38 bits per heavy atom. The molecule has 0 saturated heterocycles. The minimum atomic E-state index is 0.613. The van der Waals surface area contributed by atoms with Gasteiger partial charge in [0.05, 0.1) is 0 Å². The van der Waals surface area contributed by atoms with Gasteiger partial charge in [0, 0.05) is 16.2 Å². The van der Waals surface area contributed by atoms with E-state index in [1.807, 2.05) is 18.2 Å². The number of aromatic nitrogens is 1. The van der Waals surface area contributed by atoms with Crippen LogP contribution in [0.1, 0.15) is 11.3 Å². The van der Waals surface area contributed by atoms with E-state index in [0.29, 0.717) is 5.69 Å². The lowest BCUT2D eigenvalue weighted by atomic mass is 10.2. The third kappa shape index (κ3) is 1.45. The van der Waals surface area contributed by atoms with Crippen LogP contribution in [0.5, 0.6) is 0 Å². The van der Waals surface area contributed by atoms with Crippen molar-refractivity contribution in [3.8, 4) is 6.07 Å². The maximum atomic E-state index is 8.67. The van der Waals surface area contributed by atoms with Crippen LogP contribution in [0.4, 0.5) is 0 Å². The molecule has 0 saturated carbocycles. The first kappa shape index (κ1) is 8.33. The second kappa shape index (κ2) is 3.23. The van der Waals surface area contributed by atoms with Crippen LogP contribution in [-0.4, -0.2) is 4.98 Å². The number of halogens is 1. The first-order chi connectivity index (χ1) is 6.33. The molecule has 2 rings (SSSR count). The van der Waals surface area contributed by atoms with Gasteiger partial charge in [-0.3, -0.25) is 0 Å². The van der Waals surface area contributed by atoms with Gasteiger partial charge in [-0.15, -0.1) is 0 Å². The first-order valence-electron chi connectivity index (χ1n) is 3.91.